The Balaban J connectivity index is 1.73. The van der Waals surface area contributed by atoms with Crippen LogP contribution in [0.2, 0.25) is 5.02 Å². The lowest BCUT2D eigenvalue weighted by Crippen LogP contribution is -2.15. The van der Waals surface area contributed by atoms with E-state index in [-0.39, 0.29) is 5.69 Å². The van der Waals surface area contributed by atoms with Gasteiger partial charge in [-0.25, -0.2) is 14.8 Å². The molecule has 0 aliphatic carbocycles. The van der Waals surface area contributed by atoms with Crippen LogP contribution < -0.4 is 10.6 Å². The fourth-order valence-corrected chi connectivity index (χ4v) is 2.39. The van der Waals surface area contributed by atoms with Gasteiger partial charge in [-0.05, 0) is 42.5 Å². The van der Waals surface area contributed by atoms with Gasteiger partial charge in [-0.2, -0.15) is 0 Å². The van der Waals surface area contributed by atoms with Gasteiger partial charge in [0.1, 0.15) is 17.8 Å². The van der Waals surface area contributed by atoms with Gasteiger partial charge in [0.05, 0.1) is 12.7 Å². The number of benzene rings is 2. The average Bonchev–Trinajstić information content (AvgIpc) is 2.69. The van der Waals surface area contributed by atoms with E-state index in [1.807, 2.05) is 0 Å². The largest absolute Gasteiger partial charge is 0.465 e. The highest BCUT2D eigenvalue weighted by Gasteiger charge is 2.11. The third-order valence-corrected chi connectivity index (χ3v) is 3.81. The molecule has 27 heavy (non-hydrogen) atoms. The summed E-state index contributed by atoms with van der Waals surface area (Å²) in [5, 5.41) is 6.39. The maximum Gasteiger partial charge on any atom is 0.337 e. The lowest BCUT2D eigenvalue weighted by Gasteiger charge is -2.08. The molecule has 1 heterocycles. The fourth-order valence-electron chi connectivity index (χ4n) is 2.27. The Kier molecular flexibility index (Phi) is 5.63. The monoisotopic (exact) mass is 382 g/mol. The van der Waals surface area contributed by atoms with Crippen LogP contribution in [0.3, 0.4) is 0 Å². The predicted octanol–water partition coefficient (Wildman–Crippen LogP) is 3.91. The zero-order valence-electron chi connectivity index (χ0n) is 14.3. The van der Waals surface area contributed by atoms with Crippen molar-refractivity contribution in [1.82, 2.24) is 9.97 Å². The molecule has 0 aliphatic heterocycles. The van der Waals surface area contributed by atoms with Crippen molar-refractivity contribution in [2.75, 3.05) is 17.7 Å². The van der Waals surface area contributed by atoms with Crippen LogP contribution in [0.25, 0.3) is 0 Å². The molecule has 1 amide bonds. The van der Waals surface area contributed by atoms with Crippen molar-refractivity contribution in [3.8, 4) is 0 Å². The summed E-state index contributed by atoms with van der Waals surface area (Å²) < 4.78 is 4.67. The topological polar surface area (TPSA) is 93.2 Å². The standard InChI is InChI=1S/C19H15ClN4O3/c1-27-19(26)12-3-2-4-15(9-12)24-18(25)16-10-17(22-11-21-16)23-14-7-5-13(20)6-8-14/h2-11H,1H3,(H,24,25)(H,21,22,23). The van der Waals surface area contributed by atoms with Crippen molar-refractivity contribution in [2.24, 2.45) is 0 Å². The van der Waals surface area contributed by atoms with E-state index in [9.17, 15) is 9.59 Å². The molecule has 136 valence electrons. The normalized spacial score (nSPS) is 10.1. The first kappa shape index (κ1) is 18.3. The third-order valence-electron chi connectivity index (χ3n) is 3.56. The third kappa shape index (κ3) is 4.80. The summed E-state index contributed by atoms with van der Waals surface area (Å²) in [7, 11) is 1.30. The molecule has 8 heteroatoms. The van der Waals surface area contributed by atoms with Crippen LogP contribution in [-0.2, 0) is 4.74 Å². The van der Waals surface area contributed by atoms with Crippen LogP contribution in [0.5, 0.6) is 0 Å². The molecule has 0 spiro atoms. The SMILES string of the molecule is COC(=O)c1cccc(NC(=O)c2cc(Nc3ccc(Cl)cc3)ncn2)c1. The molecule has 2 N–H and O–H groups in total. The van der Waals surface area contributed by atoms with Gasteiger partial charge in [-0.1, -0.05) is 17.7 Å². The maximum absolute atomic E-state index is 12.5. The van der Waals surface area contributed by atoms with Gasteiger partial charge in [-0.15, -0.1) is 0 Å². The number of esters is 1. The molecular formula is C19H15ClN4O3. The molecule has 0 radical (unpaired) electrons. The number of hydrogen-bond acceptors (Lipinski definition) is 6. The first-order valence-electron chi connectivity index (χ1n) is 7.89. The van der Waals surface area contributed by atoms with Gasteiger partial charge in [0.25, 0.3) is 5.91 Å². The van der Waals surface area contributed by atoms with E-state index in [1.54, 1.807) is 42.5 Å². The molecule has 7 nitrogen and oxygen atoms in total. The summed E-state index contributed by atoms with van der Waals surface area (Å²) in [5.41, 5.74) is 1.73. The number of carbonyl (C=O) groups is 2. The maximum atomic E-state index is 12.5. The van der Waals surface area contributed by atoms with Gasteiger partial charge < -0.3 is 15.4 Å². The molecule has 0 saturated heterocycles. The van der Waals surface area contributed by atoms with Crippen molar-refractivity contribution in [3.05, 3.63) is 77.2 Å². The number of carbonyl (C=O) groups excluding carboxylic acids is 2. The minimum Gasteiger partial charge on any atom is -0.465 e. The fraction of sp³-hybridized carbons (Fsp3) is 0.0526. The van der Waals surface area contributed by atoms with E-state index in [2.05, 4.69) is 25.3 Å². The summed E-state index contributed by atoms with van der Waals surface area (Å²) in [4.78, 5) is 32.1. The van der Waals surface area contributed by atoms with Crippen LogP contribution >= 0.6 is 11.6 Å². The van der Waals surface area contributed by atoms with Gasteiger partial charge in [-0.3, -0.25) is 4.79 Å². The number of methoxy groups -OCH3 is 1. The number of rotatable bonds is 5. The number of nitrogens with zero attached hydrogens (tertiary/aromatic N) is 2. The molecule has 1 aromatic heterocycles. The van der Waals surface area contributed by atoms with Crippen molar-refractivity contribution in [3.63, 3.8) is 0 Å². The Hall–Kier alpha value is -3.45. The number of nitrogens with one attached hydrogen (secondary N) is 2. The number of amides is 1. The van der Waals surface area contributed by atoms with Crippen LogP contribution in [0.1, 0.15) is 20.8 Å². The highest BCUT2D eigenvalue weighted by Crippen LogP contribution is 2.18. The summed E-state index contributed by atoms with van der Waals surface area (Å²) >= 11 is 5.86. The zero-order chi connectivity index (χ0) is 19.2. The summed E-state index contributed by atoms with van der Waals surface area (Å²) in [6, 6.07) is 15.0. The predicted molar refractivity (Wildman–Crippen MR) is 103 cm³/mol. The van der Waals surface area contributed by atoms with Gasteiger partial charge >= 0.3 is 5.97 Å². The Morgan fingerprint density at radius 3 is 2.52 bits per heavy atom. The second-order valence-corrected chi connectivity index (χ2v) is 5.88. The van der Waals surface area contributed by atoms with E-state index in [0.717, 1.165) is 5.69 Å². The van der Waals surface area contributed by atoms with Crippen molar-refractivity contribution in [2.45, 2.75) is 0 Å². The van der Waals surface area contributed by atoms with E-state index in [1.165, 1.54) is 25.6 Å². The molecule has 2 aromatic carbocycles. The molecule has 0 fully saturated rings. The Labute approximate surface area is 160 Å². The number of ether oxygens (including phenoxy) is 1. The van der Waals surface area contributed by atoms with Crippen LogP contribution in [0.4, 0.5) is 17.2 Å². The lowest BCUT2D eigenvalue weighted by atomic mass is 10.2. The van der Waals surface area contributed by atoms with Crippen LogP contribution in [-0.4, -0.2) is 29.0 Å². The smallest absolute Gasteiger partial charge is 0.337 e. The van der Waals surface area contributed by atoms with Crippen molar-refractivity contribution in [1.29, 1.82) is 0 Å². The van der Waals surface area contributed by atoms with E-state index in [4.69, 9.17) is 11.6 Å². The zero-order valence-corrected chi connectivity index (χ0v) is 15.0. The number of anilines is 3. The van der Waals surface area contributed by atoms with E-state index < -0.39 is 11.9 Å². The molecular weight excluding hydrogens is 368 g/mol. The average molecular weight is 383 g/mol. The van der Waals surface area contributed by atoms with Crippen molar-refractivity contribution >= 4 is 40.7 Å². The van der Waals surface area contributed by atoms with Crippen LogP contribution in [0.15, 0.2) is 60.9 Å². The summed E-state index contributed by atoms with van der Waals surface area (Å²) in [6.45, 7) is 0. The molecule has 0 saturated carbocycles. The molecule has 0 aliphatic rings. The second kappa shape index (κ2) is 8.29. The molecule has 3 rings (SSSR count). The molecule has 3 aromatic rings. The minimum atomic E-state index is -0.484. The van der Waals surface area contributed by atoms with E-state index >= 15 is 0 Å². The lowest BCUT2D eigenvalue weighted by molar-refractivity contribution is 0.0600. The van der Waals surface area contributed by atoms with Gasteiger partial charge in [0.15, 0.2) is 0 Å². The van der Waals surface area contributed by atoms with Crippen molar-refractivity contribution < 1.29 is 14.3 Å². The minimum absolute atomic E-state index is 0.171. The van der Waals surface area contributed by atoms with E-state index in [0.29, 0.717) is 22.1 Å². The molecule has 0 atom stereocenters. The number of hydrogen-bond donors (Lipinski definition) is 2. The Morgan fingerprint density at radius 2 is 1.78 bits per heavy atom. The Bertz CT molecular complexity index is 977. The number of aromatic nitrogens is 2. The Morgan fingerprint density at radius 1 is 1.00 bits per heavy atom. The second-order valence-electron chi connectivity index (χ2n) is 5.45. The summed E-state index contributed by atoms with van der Waals surface area (Å²) in [6.07, 6.45) is 1.29. The quantitative estimate of drug-likeness (QED) is 0.650. The first-order chi connectivity index (χ1) is 13.0. The number of halogens is 1. The molecule has 0 unspecified atom stereocenters. The first-order valence-corrected chi connectivity index (χ1v) is 8.27. The van der Waals surface area contributed by atoms with Crippen LogP contribution in [0, 0.1) is 0 Å². The highest BCUT2D eigenvalue weighted by atomic mass is 35.5. The van der Waals surface area contributed by atoms with Gasteiger partial charge in [0.2, 0.25) is 0 Å². The highest BCUT2D eigenvalue weighted by molar-refractivity contribution is 6.30. The van der Waals surface area contributed by atoms with Gasteiger partial charge in [0, 0.05) is 22.5 Å². The summed E-state index contributed by atoms with van der Waals surface area (Å²) in [5.74, 6) is -0.457. The molecule has 0 bridgehead atoms.